The van der Waals surface area contributed by atoms with Crippen LogP contribution in [0.2, 0.25) is 0 Å². The molecule has 0 bridgehead atoms. The van der Waals surface area contributed by atoms with Gasteiger partial charge in [0.05, 0.1) is 6.07 Å². The second-order valence-electron chi connectivity index (χ2n) is 5.19. The number of benzene rings is 2. The molecule has 2 aromatic rings. The molecule has 1 amide bonds. The predicted molar refractivity (Wildman–Crippen MR) is 90.2 cm³/mol. The van der Waals surface area contributed by atoms with E-state index in [-0.39, 0.29) is 22.2 Å². The van der Waals surface area contributed by atoms with E-state index in [0.717, 1.165) is 18.2 Å². The third-order valence-corrected chi connectivity index (χ3v) is 3.97. The number of nitriles is 1. The maximum absolute atomic E-state index is 13.7. The van der Waals surface area contributed by atoms with Crippen molar-refractivity contribution >= 4 is 23.7 Å². The van der Waals surface area contributed by atoms with Crippen molar-refractivity contribution in [1.29, 1.82) is 5.26 Å². The third-order valence-electron chi connectivity index (χ3n) is 3.23. The molecule has 0 aliphatic heterocycles. The molecule has 0 aromatic heterocycles. The van der Waals surface area contributed by atoms with Crippen LogP contribution in [0.5, 0.6) is 0 Å². The van der Waals surface area contributed by atoms with E-state index in [1.165, 1.54) is 30.3 Å². The van der Waals surface area contributed by atoms with E-state index in [2.05, 4.69) is 5.32 Å². The molecule has 0 aliphatic rings. The van der Waals surface area contributed by atoms with Crippen molar-refractivity contribution in [2.24, 2.45) is 0 Å². The molecule has 1 atom stereocenters. The Hall–Kier alpha value is -2.86. The molecule has 0 aliphatic carbocycles. The first kappa shape index (κ1) is 20.5. The number of thioether (sulfide) groups is 1. The summed E-state index contributed by atoms with van der Waals surface area (Å²) >= 11 is -0.256. The Balaban J connectivity index is 2.02. The van der Waals surface area contributed by atoms with Crippen LogP contribution in [-0.4, -0.2) is 11.4 Å². The molecule has 0 saturated carbocycles. The highest BCUT2D eigenvalue weighted by Crippen LogP contribution is 2.36. The third kappa shape index (κ3) is 6.42. The van der Waals surface area contributed by atoms with Gasteiger partial charge in [-0.3, -0.25) is 4.79 Å². The van der Waals surface area contributed by atoms with E-state index in [0.29, 0.717) is 11.6 Å². The van der Waals surface area contributed by atoms with Crippen LogP contribution in [-0.2, 0) is 4.79 Å². The number of nitrogens with one attached hydrogen (secondary N) is 1. The number of rotatable bonds is 5. The minimum atomic E-state index is -4.39. The monoisotopic (exact) mass is 398 g/mol. The van der Waals surface area contributed by atoms with Gasteiger partial charge in [0.1, 0.15) is 17.7 Å². The number of carbonyl (C=O) groups is 1. The van der Waals surface area contributed by atoms with Gasteiger partial charge < -0.3 is 5.32 Å². The molecule has 27 heavy (non-hydrogen) atoms. The molecule has 0 saturated heterocycles. The highest BCUT2D eigenvalue weighted by Gasteiger charge is 2.28. The Labute approximate surface area is 155 Å². The Kier molecular flexibility index (Phi) is 6.58. The summed E-state index contributed by atoms with van der Waals surface area (Å²) < 4.78 is 63.4. The summed E-state index contributed by atoms with van der Waals surface area (Å²) in [6.45, 7) is 0. The SMILES string of the molecule is N#CC(NC(=O)/C=C/c1ccc(SC(F)(F)F)cc1)c1ccc(F)cc1F. The first-order chi connectivity index (χ1) is 12.7. The molecule has 0 radical (unpaired) electrons. The lowest BCUT2D eigenvalue weighted by molar-refractivity contribution is -0.116. The number of hydrogen-bond acceptors (Lipinski definition) is 3. The van der Waals surface area contributed by atoms with Crippen molar-refractivity contribution < 1.29 is 26.7 Å². The van der Waals surface area contributed by atoms with Gasteiger partial charge in [-0.15, -0.1) is 0 Å². The van der Waals surface area contributed by atoms with Gasteiger partial charge in [0, 0.05) is 22.6 Å². The number of hydrogen-bond donors (Lipinski definition) is 1. The summed E-state index contributed by atoms with van der Waals surface area (Å²) in [5, 5.41) is 11.3. The molecule has 9 heteroatoms. The zero-order chi connectivity index (χ0) is 20.0. The molecule has 140 valence electrons. The van der Waals surface area contributed by atoms with E-state index in [1.54, 1.807) is 6.07 Å². The van der Waals surface area contributed by atoms with Gasteiger partial charge in [-0.1, -0.05) is 18.2 Å². The number of halogens is 5. The molecular weight excluding hydrogens is 387 g/mol. The van der Waals surface area contributed by atoms with E-state index in [1.807, 2.05) is 0 Å². The van der Waals surface area contributed by atoms with Gasteiger partial charge in [0.25, 0.3) is 0 Å². The fourth-order valence-electron chi connectivity index (χ4n) is 2.06. The molecule has 1 unspecified atom stereocenters. The Morgan fingerprint density at radius 1 is 1.15 bits per heavy atom. The van der Waals surface area contributed by atoms with Crippen LogP contribution in [0, 0.1) is 23.0 Å². The molecule has 2 rings (SSSR count). The zero-order valence-corrected chi connectivity index (χ0v) is 14.2. The predicted octanol–water partition coefficient (Wildman–Crippen LogP) is 4.97. The van der Waals surface area contributed by atoms with Crippen molar-refractivity contribution in [1.82, 2.24) is 5.32 Å². The van der Waals surface area contributed by atoms with Gasteiger partial charge in [-0.2, -0.15) is 18.4 Å². The number of nitrogens with zero attached hydrogens (tertiary/aromatic N) is 1. The summed E-state index contributed by atoms with van der Waals surface area (Å²) in [5.74, 6) is -2.51. The van der Waals surface area contributed by atoms with Gasteiger partial charge in [0.2, 0.25) is 5.91 Å². The van der Waals surface area contributed by atoms with Crippen LogP contribution >= 0.6 is 11.8 Å². The van der Waals surface area contributed by atoms with Crippen molar-refractivity contribution in [3.05, 3.63) is 71.3 Å². The molecule has 2 aromatic carbocycles. The van der Waals surface area contributed by atoms with Crippen LogP contribution in [0.3, 0.4) is 0 Å². The van der Waals surface area contributed by atoms with E-state index in [9.17, 15) is 26.7 Å². The van der Waals surface area contributed by atoms with Gasteiger partial charge in [0.15, 0.2) is 0 Å². The maximum Gasteiger partial charge on any atom is 0.446 e. The van der Waals surface area contributed by atoms with Crippen molar-refractivity contribution in [2.75, 3.05) is 0 Å². The largest absolute Gasteiger partial charge is 0.446 e. The van der Waals surface area contributed by atoms with Gasteiger partial charge in [-0.25, -0.2) is 8.78 Å². The summed E-state index contributed by atoms with van der Waals surface area (Å²) in [6, 6.07) is 8.27. The summed E-state index contributed by atoms with van der Waals surface area (Å²) in [5.41, 5.74) is -4.12. The van der Waals surface area contributed by atoms with Crippen LogP contribution in [0.25, 0.3) is 6.08 Å². The Morgan fingerprint density at radius 3 is 2.37 bits per heavy atom. The molecule has 0 heterocycles. The number of carbonyl (C=O) groups excluding carboxylic acids is 1. The summed E-state index contributed by atoms with van der Waals surface area (Å²) in [6.07, 6.45) is 2.38. The fourth-order valence-corrected chi connectivity index (χ4v) is 2.60. The average molecular weight is 398 g/mol. The second kappa shape index (κ2) is 8.68. The quantitative estimate of drug-likeness (QED) is 0.440. The normalized spacial score (nSPS) is 12.6. The summed E-state index contributed by atoms with van der Waals surface area (Å²) in [4.78, 5) is 11.9. The highest BCUT2D eigenvalue weighted by molar-refractivity contribution is 8.00. The summed E-state index contributed by atoms with van der Waals surface area (Å²) in [7, 11) is 0. The molecule has 1 N–H and O–H groups in total. The lowest BCUT2D eigenvalue weighted by atomic mass is 10.1. The first-order valence-corrected chi connectivity index (χ1v) is 8.18. The van der Waals surface area contributed by atoms with Gasteiger partial charge >= 0.3 is 5.51 Å². The van der Waals surface area contributed by atoms with Crippen LogP contribution in [0.4, 0.5) is 22.0 Å². The Morgan fingerprint density at radius 2 is 1.81 bits per heavy atom. The minimum absolute atomic E-state index is 0.000399. The van der Waals surface area contributed by atoms with E-state index in [4.69, 9.17) is 5.26 Å². The first-order valence-electron chi connectivity index (χ1n) is 7.37. The maximum atomic E-state index is 13.7. The van der Waals surface area contributed by atoms with Crippen LogP contribution < -0.4 is 5.32 Å². The minimum Gasteiger partial charge on any atom is -0.333 e. The number of amides is 1. The molecule has 3 nitrogen and oxygen atoms in total. The van der Waals surface area contributed by atoms with Crippen LogP contribution in [0.15, 0.2) is 53.4 Å². The lowest BCUT2D eigenvalue weighted by Gasteiger charge is -2.11. The van der Waals surface area contributed by atoms with Crippen molar-refractivity contribution in [3.63, 3.8) is 0 Å². The lowest BCUT2D eigenvalue weighted by Crippen LogP contribution is -2.26. The zero-order valence-electron chi connectivity index (χ0n) is 13.4. The van der Waals surface area contributed by atoms with Gasteiger partial charge in [-0.05, 0) is 41.6 Å². The standard InChI is InChI=1S/C18H11F5N2OS/c19-12-4-7-14(15(20)9-12)16(10-24)25-17(26)8-3-11-1-5-13(6-2-11)27-18(21,22)23/h1-9,16H,(H,25,26)/b8-3+. The van der Waals surface area contributed by atoms with E-state index >= 15 is 0 Å². The van der Waals surface area contributed by atoms with Crippen molar-refractivity contribution in [2.45, 2.75) is 16.4 Å². The highest BCUT2D eigenvalue weighted by atomic mass is 32.2. The Bertz CT molecular complexity index is 888. The molecule has 0 spiro atoms. The smallest absolute Gasteiger partial charge is 0.333 e. The number of alkyl halides is 3. The van der Waals surface area contributed by atoms with Crippen LogP contribution in [0.1, 0.15) is 17.2 Å². The second-order valence-corrected chi connectivity index (χ2v) is 6.33. The topological polar surface area (TPSA) is 52.9 Å². The fraction of sp³-hybridized carbons (Fsp3) is 0.111. The molecular formula is C18H11F5N2OS. The van der Waals surface area contributed by atoms with E-state index < -0.39 is 29.1 Å². The van der Waals surface area contributed by atoms with Crippen molar-refractivity contribution in [3.8, 4) is 6.07 Å². The molecule has 0 fully saturated rings. The average Bonchev–Trinajstić information content (AvgIpc) is 2.58.